The minimum Gasteiger partial charge on any atom is -0.542 e. The molecule has 50 heavy (non-hydrogen) atoms. The van der Waals surface area contributed by atoms with Gasteiger partial charge in [-0.05, 0) is 68.5 Å². The van der Waals surface area contributed by atoms with Crippen molar-refractivity contribution in [3.05, 3.63) is 92.7 Å². The lowest BCUT2D eigenvalue weighted by molar-refractivity contribution is -0.401. The first-order valence-electron chi connectivity index (χ1n) is 15.4. The van der Waals surface area contributed by atoms with Crippen LogP contribution in [0.5, 0.6) is 11.5 Å². The highest BCUT2D eigenvalue weighted by molar-refractivity contribution is 6.32. The molecule has 0 unspecified atom stereocenters. The molecule has 2 aromatic carbocycles. The van der Waals surface area contributed by atoms with Gasteiger partial charge in [-0.15, -0.1) is 0 Å². The number of halogens is 4. The van der Waals surface area contributed by atoms with E-state index < -0.39 is 34.9 Å². The van der Waals surface area contributed by atoms with E-state index >= 15 is 0 Å². The molecule has 0 fully saturated rings. The molecule has 1 aliphatic carbocycles. The molecule has 2 heterocycles. The van der Waals surface area contributed by atoms with Gasteiger partial charge in [0, 0.05) is 46.6 Å². The number of nitrogens with zero attached hydrogens (tertiary/aromatic N) is 2. The molecule has 2 aliphatic heterocycles. The highest BCUT2D eigenvalue weighted by Gasteiger charge is 2.47. The van der Waals surface area contributed by atoms with Gasteiger partial charge in [-0.25, -0.2) is 9.59 Å². The van der Waals surface area contributed by atoms with Crippen LogP contribution in [0, 0.1) is 0 Å². The topological polar surface area (TPSA) is 161 Å². The van der Waals surface area contributed by atoms with Crippen LogP contribution in [-0.2, 0) is 15.6 Å². The van der Waals surface area contributed by atoms with Crippen LogP contribution >= 0.6 is 11.6 Å². The second-order valence-corrected chi connectivity index (χ2v) is 13.5. The van der Waals surface area contributed by atoms with E-state index in [1.807, 2.05) is 75.6 Å². The largest absolute Gasteiger partial charge is 0.542 e. The second-order valence-electron chi connectivity index (χ2n) is 13.1. The van der Waals surface area contributed by atoms with E-state index in [2.05, 4.69) is 0 Å². The average molecular weight is 717 g/mol. The molecular formula is C36H36ClF3N2O8. The van der Waals surface area contributed by atoms with Crippen molar-refractivity contribution in [2.75, 3.05) is 19.0 Å². The Labute approximate surface area is 291 Å². The highest BCUT2D eigenvalue weighted by Crippen LogP contribution is 2.51. The van der Waals surface area contributed by atoms with Crippen LogP contribution in [-0.4, -0.2) is 68.9 Å². The molecule has 0 spiro atoms. The molecular weight excluding hydrogens is 681 g/mol. The fourth-order valence-corrected chi connectivity index (χ4v) is 7.30. The number of hydrogen-bond donors (Lipinski definition) is 4. The molecule has 3 aliphatic rings. The third kappa shape index (κ3) is 6.61. The standard InChI is InChI=1S/C34H35ClN2O6.C2HF3O2/c1-33(2)24(36(5)20-12-14-22(38)26(28(20)33)31(40)41)16-10-18-8-7-9-19(30(18)35)11-17-25-34(3,4)29-21(37(25)6)13-15-23(39)27(29)32(42)43;3-2(4,5)1(6)7/h10-17H,7-9H2,1-6H3,(H3-,38,39,40,41,42,43);(H,6,7). The number of anilines is 1. The number of carbonyl (C=O) groups excluding carboxylic acids is 1. The van der Waals surface area contributed by atoms with Crippen molar-refractivity contribution in [3.63, 3.8) is 0 Å². The van der Waals surface area contributed by atoms with E-state index in [0.717, 1.165) is 53.2 Å². The third-order valence-electron chi connectivity index (χ3n) is 9.30. The molecule has 0 amide bonds. The molecule has 0 atom stereocenters. The molecule has 0 radical (unpaired) electrons. The van der Waals surface area contributed by atoms with Gasteiger partial charge in [0.1, 0.15) is 35.6 Å². The van der Waals surface area contributed by atoms with Crippen LogP contribution in [0.25, 0.3) is 0 Å². The van der Waals surface area contributed by atoms with Crippen LogP contribution in [0.1, 0.15) is 78.8 Å². The van der Waals surface area contributed by atoms with Crippen LogP contribution in [0.2, 0.25) is 0 Å². The SMILES string of the molecule is CN1/C(=C/C=C2\CCCC(/C=C/C3=[N+](C)c4ccc(O)c(C(=O)O)c4C3(C)C)=C2Cl)C(C)(C)c2c1ccc(O)c2C(=O)O.O=C([O-])C(F)(F)F. The van der Waals surface area contributed by atoms with E-state index in [1.54, 1.807) is 12.1 Å². The summed E-state index contributed by atoms with van der Waals surface area (Å²) < 4.78 is 33.5. The summed E-state index contributed by atoms with van der Waals surface area (Å²) in [6, 6.07) is 6.31. The van der Waals surface area contributed by atoms with Crippen LogP contribution in [0.4, 0.5) is 24.5 Å². The third-order valence-corrected chi connectivity index (χ3v) is 9.78. The van der Waals surface area contributed by atoms with Gasteiger partial charge in [-0.1, -0.05) is 37.6 Å². The predicted octanol–water partition coefficient (Wildman–Crippen LogP) is 6.27. The number of hydrogen-bond acceptors (Lipinski definition) is 7. The highest BCUT2D eigenvalue weighted by atomic mass is 35.5. The van der Waals surface area contributed by atoms with E-state index in [0.29, 0.717) is 16.2 Å². The number of alkyl halides is 3. The number of likely N-dealkylation sites (N-methyl/N-ethyl adjacent to an activating group) is 1. The Kier molecular flexibility index (Phi) is 10.1. The molecule has 4 N–H and O–H groups in total. The summed E-state index contributed by atoms with van der Waals surface area (Å²) >= 11 is 6.96. The number of carbonyl (C=O) groups is 3. The smallest absolute Gasteiger partial charge is 0.430 e. The summed E-state index contributed by atoms with van der Waals surface area (Å²) in [7, 11) is 3.77. The van der Waals surface area contributed by atoms with E-state index in [4.69, 9.17) is 21.5 Å². The maximum atomic E-state index is 12.0. The number of aliphatic carboxylic acids is 1. The molecule has 0 saturated heterocycles. The van der Waals surface area contributed by atoms with Gasteiger partial charge in [-0.3, -0.25) is 0 Å². The number of allylic oxidation sites excluding steroid dienone is 8. The van der Waals surface area contributed by atoms with Gasteiger partial charge in [0.05, 0.1) is 11.0 Å². The summed E-state index contributed by atoms with van der Waals surface area (Å²) in [5, 5.41) is 49.7. The number of fused-ring (bicyclic) bond motifs is 2. The van der Waals surface area contributed by atoms with Crippen molar-refractivity contribution in [2.45, 2.75) is 64.0 Å². The summed E-state index contributed by atoms with van der Waals surface area (Å²) in [4.78, 5) is 34.8. The Balaban J connectivity index is 0.000000727. The number of aromatic carboxylic acids is 2. The minimum atomic E-state index is -5.19. The number of carboxylic acid groups (broad SMARTS) is 3. The molecule has 0 bridgehead atoms. The Bertz CT molecular complexity index is 1970. The van der Waals surface area contributed by atoms with Crippen LogP contribution in [0.3, 0.4) is 0 Å². The van der Waals surface area contributed by atoms with Crippen LogP contribution in [0.15, 0.2) is 70.4 Å². The summed E-state index contributed by atoms with van der Waals surface area (Å²) in [6.07, 6.45) is 5.21. The maximum absolute atomic E-state index is 12.0. The average Bonchev–Trinajstić information content (AvgIpc) is 3.32. The lowest BCUT2D eigenvalue weighted by Gasteiger charge is -2.25. The van der Waals surface area contributed by atoms with E-state index in [1.165, 1.54) is 12.1 Å². The van der Waals surface area contributed by atoms with Crippen LogP contribution < -0.4 is 10.0 Å². The monoisotopic (exact) mass is 716 g/mol. The summed E-state index contributed by atoms with van der Waals surface area (Å²) in [5.41, 5.74) is 4.80. The molecule has 0 aromatic heterocycles. The summed E-state index contributed by atoms with van der Waals surface area (Å²) in [5.74, 6) is -5.85. The lowest BCUT2D eigenvalue weighted by Crippen LogP contribution is -2.37. The molecule has 5 rings (SSSR count). The van der Waals surface area contributed by atoms with Crippen molar-refractivity contribution in [2.24, 2.45) is 0 Å². The molecule has 266 valence electrons. The van der Waals surface area contributed by atoms with Crippen molar-refractivity contribution >= 4 is 46.6 Å². The first-order chi connectivity index (χ1) is 23.0. The fourth-order valence-electron chi connectivity index (χ4n) is 6.98. The lowest BCUT2D eigenvalue weighted by atomic mass is 9.78. The predicted molar refractivity (Wildman–Crippen MR) is 179 cm³/mol. The number of benzene rings is 2. The van der Waals surface area contributed by atoms with Gasteiger partial charge < -0.3 is 35.2 Å². The Morgan fingerprint density at radius 3 is 1.98 bits per heavy atom. The quantitative estimate of drug-likeness (QED) is 0.262. The maximum Gasteiger partial charge on any atom is 0.430 e. The molecule has 2 aromatic rings. The van der Waals surface area contributed by atoms with Crippen molar-refractivity contribution in [1.82, 2.24) is 0 Å². The van der Waals surface area contributed by atoms with Gasteiger partial charge in [0.15, 0.2) is 5.71 Å². The van der Waals surface area contributed by atoms with Gasteiger partial charge in [-0.2, -0.15) is 17.7 Å². The minimum absolute atomic E-state index is 0.0847. The van der Waals surface area contributed by atoms with E-state index in [9.17, 15) is 43.2 Å². The van der Waals surface area contributed by atoms with Crippen molar-refractivity contribution < 1.29 is 57.7 Å². The fraction of sp³-hybridized carbons (Fsp3) is 0.333. The second kappa shape index (κ2) is 13.3. The molecule has 10 nitrogen and oxygen atoms in total. The van der Waals surface area contributed by atoms with E-state index in [-0.39, 0.29) is 22.6 Å². The zero-order valence-electron chi connectivity index (χ0n) is 28.1. The normalized spacial score (nSPS) is 19.5. The first kappa shape index (κ1) is 37.8. The zero-order chi connectivity index (χ0) is 37.7. The van der Waals surface area contributed by atoms with Crippen molar-refractivity contribution in [3.8, 4) is 11.5 Å². The van der Waals surface area contributed by atoms with Gasteiger partial charge in [0.25, 0.3) is 0 Å². The number of aromatic hydroxyl groups is 2. The van der Waals surface area contributed by atoms with Crippen molar-refractivity contribution in [1.29, 1.82) is 0 Å². The molecule has 0 saturated carbocycles. The number of carboxylic acids is 3. The first-order valence-corrected chi connectivity index (χ1v) is 15.7. The zero-order valence-corrected chi connectivity index (χ0v) is 28.8. The Morgan fingerprint density at radius 2 is 1.44 bits per heavy atom. The Morgan fingerprint density at radius 1 is 0.900 bits per heavy atom. The number of phenols is 2. The molecule has 14 heteroatoms. The Hall–Kier alpha value is -5.04. The summed E-state index contributed by atoms with van der Waals surface area (Å²) in [6.45, 7) is 7.79. The van der Waals surface area contributed by atoms with Gasteiger partial charge in [0.2, 0.25) is 5.69 Å². The van der Waals surface area contributed by atoms with Gasteiger partial charge >= 0.3 is 18.1 Å². The number of rotatable bonds is 5.